The molecule has 0 aliphatic carbocycles. The SMILES string of the molecule is CCN(CC)c1ccc(-n2cnnc2CCN)cc1. The Morgan fingerprint density at radius 2 is 1.84 bits per heavy atom. The first-order valence-electron chi connectivity index (χ1n) is 6.74. The van der Waals surface area contributed by atoms with E-state index in [0.717, 1.165) is 31.0 Å². The molecule has 0 spiro atoms. The molecule has 5 nitrogen and oxygen atoms in total. The molecule has 5 heteroatoms. The van der Waals surface area contributed by atoms with Crippen LogP contribution in [0.2, 0.25) is 0 Å². The third-order valence-corrected chi connectivity index (χ3v) is 3.24. The summed E-state index contributed by atoms with van der Waals surface area (Å²) in [6, 6.07) is 8.46. The molecule has 0 atom stereocenters. The second-order valence-corrected chi connectivity index (χ2v) is 4.34. The maximum atomic E-state index is 5.58. The van der Waals surface area contributed by atoms with E-state index in [2.05, 4.69) is 53.2 Å². The number of hydrogen-bond acceptors (Lipinski definition) is 4. The first-order chi connectivity index (χ1) is 9.30. The van der Waals surface area contributed by atoms with Crippen LogP contribution in [0.5, 0.6) is 0 Å². The molecule has 1 aromatic heterocycles. The topological polar surface area (TPSA) is 60.0 Å². The normalized spacial score (nSPS) is 10.7. The lowest BCUT2D eigenvalue weighted by Gasteiger charge is -2.21. The van der Waals surface area contributed by atoms with Gasteiger partial charge in [0.25, 0.3) is 0 Å². The minimum absolute atomic E-state index is 0.580. The summed E-state index contributed by atoms with van der Waals surface area (Å²) in [6.45, 7) is 6.94. The molecule has 0 saturated heterocycles. The van der Waals surface area contributed by atoms with Crippen LogP contribution in [0, 0.1) is 0 Å². The molecule has 0 aliphatic rings. The van der Waals surface area contributed by atoms with Crippen LogP contribution in [-0.4, -0.2) is 34.4 Å². The summed E-state index contributed by atoms with van der Waals surface area (Å²) in [5.41, 5.74) is 7.89. The smallest absolute Gasteiger partial charge is 0.138 e. The lowest BCUT2D eigenvalue weighted by atomic mass is 10.2. The molecule has 0 radical (unpaired) electrons. The van der Waals surface area contributed by atoms with Crippen molar-refractivity contribution in [2.45, 2.75) is 20.3 Å². The molecule has 2 aromatic rings. The van der Waals surface area contributed by atoms with Gasteiger partial charge in [-0.25, -0.2) is 0 Å². The van der Waals surface area contributed by atoms with Crippen molar-refractivity contribution in [2.24, 2.45) is 5.73 Å². The van der Waals surface area contributed by atoms with Gasteiger partial charge in [-0.05, 0) is 44.7 Å². The molecular weight excluding hydrogens is 238 g/mol. The quantitative estimate of drug-likeness (QED) is 0.856. The third kappa shape index (κ3) is 2.93. The van der Waals surface area contributed by atoms with Gasteiger partial charge in [0, 0.05) is 30.9 Å². The van der Waals surface area contributed by atoms with Crippen LogP contribution in [0.3, 0.4) is 0 Å². The monoisotopic (exact) mass is 259 g/mol. The van der Waals surface area contributed by atoms with Crippen LogP contribution >= 0.6 is 0 Å². The molecule has 0 bridgehead atoms. The number of nitrogens with two attached hydrogens (primary N) is 1. The summed E-state index contributed by atoms with van der Waals surface area (Å²) in [7, 11) is 0. The highest BCUT2D eigenvalue weighted by Crippen LogP contribution is 2.18. The van der Waals surface area contributed by atoms with Crippen LogP contribution in [0.25, 0.3) is 5.69 Å². The molecule has 2 rings (SSSR count). The van der Waals surface area contributed by atoms with Gasteiger partial charge in [0.2, 0.25) is 0 Å². The number of hydrogen-bond donors (Lipinski definition) is 1. The first kappa shape index (κ1) is 13.5. The van der Waals surface area contributed by atoms with Gasteiger partial charge in [-0.15, -0.1) is 10.2 Å². The molecule has 1 heterocycles. The first-order valence-corrected chi connectivity index (χ1v) is 6.74. The molecule has 0 saturated carbocycles. The van der Waals surface area contributed by atoms with Crippen LogP contribution in [0.1, 0.15) is 19.7 Å². The predicted molar refractivity (Wildman–Crippen MR) is 77.7 cm³/mol. The van der Waals surface area contributed by atoms with Gasteiger partial charge in [-0.2, -0.15) is 0 Å². The van der Waals surface area contributed by atoms with E-state index >= 15 is 0 Å². The standard InChI is InChI=1S/C14H21N5/c1-3-18(4-2)12-5-7-13(8-6-12)19-11-16-17-14(19)9-10-15/h5-8,11H,3-4,9-10,15H2,1-2H3. The Morgan fingerprint density at radius 3 is 2.42 bits per heavy atom. The second kappa shape index (κ2) is 6.33. The average Bonchev–Trinajstić information content (AvgIpc) is 2.90. The molecule has 0 amide bonds. The fourth-order valence-electron chi connectivity index (χ4n) is 2.19. The van der Waals surface area contributed by atoms with E-state index in [4.69, 9.17) is 5.73 Å². The van der Waals surface area contributed by atoms with Crippen LogP contribution in [0.4, 0.5) is 5.69 Å². The molecule has 19 heavy (non-hydrogen) atoms. The van der Waals surface area contributed by atoms with Crippen molar-refractivity contribution in [3.05, 3.63) is 36.4 Å². The summed E-state index contributed by atoms with van der Waals surface area (Å²) in [6.07, 6.45) is 2.47. The van der Waals surface area contributed by atoms with Crippen molar-refractivity contribution >= 4 is 5.69 Å². The van der Waals surface area contributed by atoms with Crippen molar-refractivity contribution in [1.82, 2.24) is 14.8 Å². The molecule has 102 valence electrons. The minimum atomic E-state index is 0.580. The average molecular weight is 259 g/mol. The third-order valence-electron chi connectivity index (χ3n) is 3.24. The Kier molecular flexibility index (Phi) is 4.52. The van der Waals surface area contributed by atoms with Crippen molar-refractivity contribution in [2.75, 3.05) is 24.5 Å². The van der Waals surface area contributed by atoms with E-state index in [1.807, 2.05) is 4.57 Å². The van der Waals surface area contributed by atoms with E-state index in [1.165, 1.54) is 5.69 Å². The number of nitrogens with zero attached hydrogens (tertiary/aromatic N) is 4. The summed E-state index contributed by atoms with van der Waals surface area (Å²) in [4.78, 5) is 2.32. The van der Waals surface area contributed by atoms with Crippen LogP contribution in [-0.2, 0) is 6.42 Å². The zero-order valence-corrected chi connectivity index (χ0v) is 11.6. The van der Waals surface area contributed by atoms with Crippen molar-refractivity contribution < 1.29 is 0 Å². The van der Waals surface area contributed by atoms with Crippen molar-refractivity contribution in [1.29, 1.82) is 0 Å². The maximum absolute atomic E-state index is 5.58. The van der Waals surface area contributed by atoms with Gasteiger partial charge >= 0.3 is 0 Å². The lowest BCUT2D eigenvalue weighted by Crippen LogP contribution is -2.21. The highest BCUT2D eigenvalue weighted by atomic mass is 15.3. The van der Waals surface area contributed by atoms with Gasteiger partial charge in [0.05, 0.1) is 0 Å². The van der Waals surface area contributed by atoms with Crippen LogP contribution in [0.15, 0.2) is 30.6 Å². The van der Waals surface area contributed by atoms with E-state index in [9.17, 15) is 0 Å². The highest BCUT2D eigenvalue weighted by molar-refractivity contribution is 5.51. The Hall–Kier alpha value is -1.88. The summed E-state index contributed by atoms with van der Waals surface area (Å²) in [5, 5.41) is 8.05. The zero-order chi connectivity index (χ0) is 13.7. The van der Waals surface area contributed by atoms with Gasteiger partial charge in [-0.1, -0.05) is 0 Å². The Balaban J connectivity index is 2.24. The Morgan fingerprint density at radius 1 is 1.16 bits per heavy atom. The molecule has 0 aliphatic heterocycles. The number of rotatable bonds is 6. The van der Waals surface area contributed by atoms with Gasteiger partial charge in [-0.3, -0.25) is 4.57 Å². The molecule has 0 fully saturated rings. The maximum Gasteiger partial charge on any atom is 0.138 e. The molecular formula is C14H21N5. The Bertz CT molecular complexity index is 499. The molecule has 2 N–H and O–H groups in total. The number of benzene rings is 1. The molecule has 0 unspecified atom stereocenters. The zero-order valence-electron chi connectivity index (χ0n) is 11.6. The highest BCUT2D eigenvalue weighted by Gasteiger charge is 2.06. The van der Waals surface area contributed by atoms with E-state index < -0.39 is 0 Å². The van der Waals surface area contributed by atoms with Gasteiger partial charge in [0.15, 0.2) is 0 Å². The van der Waals surface area contributed by atoms with E-state index in [0.29, 0.717) is 6.54 Å². The van der Waals surface area contributed by atoms with Crippen LogP contribution < -0.4 is 10.6 Å². The van der Waals surface area contributed by atoms with Gasteiger partial charge in [0.1, 0.15) is 12.2 Å². The van der Waals surface area contributed by atoms with E-state index in [1.54, 1.807) is 6.33 Å². The fraction of sp³-hybridized carbons (Fsp3) is 0.429. The number of aromatic nitrogens is 3. The largest absolute Gasteiger partial charge is 0.372 e. The minimum Gasteiger partial charge on any atom is -0.372 e. The van der Waals surface area contributed by atoms with Crippen molar-refractivity contribution in [3.63, 3.8) is 0 Å². The second-order valence-electron chi connectivity index (χ2n) is 4.34. The fourth-order valence-corrected chi connectivity index (χ4v) is 2.19. The predicted octanol–water partition coefficient (Wildman–Crippen LogP) is 1.61. The van der Waals surface area contributed by atoms with Crippen molar-refractivity contribution in [3.8, 4) is 5.69 Å². The van der Waals surface area contributed by atoms with E-state index in [-0.39, 0.29) is 0 Å². The Labute approximate surface area is 114 Å². The summed E-state index contributed by atoms with van der Waals surface area (Å²) < 4.78 is 1.98. The summed E-state index contributed by atoms with van der Waals surface area (Å²) in [5.74, 6) is 0.901. The number of anilines is 1. The molecule has 1 aromatic carbocycles. The van der Waals surface area contributed by atoms with Gasteiger partial charge < -0.3 is 10.6 Å². The summed E-state index contributed by atoms with van der Waals surface area (Å²) >= 11 is 0. The lowest BCUT2D eigenvalue weighted by molar-refractivity contribution is 0.829.